The van der Waals surface area contributed by atoms with Crippen LogP contribution < -0.4 is 10.7 Å². The Kier molecular flexibility index (Phi) is 6.58. The van der Waals surface area contributed by atoms with E-state index in [0.29, 0.717) is 53.3 Å². The van der Waals surface area contributed by atoms with Crippen molar-refractivity contribution in [2.75, 3.05) is 18.1 Å². The fourth-order valence-corrected chi connectivity index (χ4v) is 6.90. The summed E-state index contributed by atoms with van der Waals surface area (Å²) in [7, 11) is 0. The number of hydrogen-bond acceptors (Lipinski definition) is 8. The van der Waals surface area contributed by atoms with Gasteiger partial charge < -0.3 is 14.2 Å². The van der Waals surface area contributed by atoms with Gasteiger partial charge in [-0.05, 0) is 50.0 Å². The van der Waals surface area contributed by atoms with Crippen LogP contribution in [0, 0.1) is 17.7 Å². The lowest BCUT2D eigenvalue weighted by molar-refractivity contribution is 0.0247. The highest BCUT2D eigenvalue weighted by Crippen LogP contribution is 2.41. The molecule has 2 atom stereocenters. The quantitative estimate of drug-likeness (QED) is 0.349. The summed E-state index contributed by atoms with van der Waals surface area (Å²) in [6.45, 7) is 4.29. The molecule has 2 aliphatic carbocycles. The van der Waals surface area contributed by atoms with E-state index < -0.39 is 11.6 Å². The molecule has 7 rings (SSSR count). The van der Waals surface area contributed by atoms with Crippen LogP contribution in [0.15, 0.2) is 27.8 Å². The molecule has 1 saturated heterocycles. The summed E-state index contributed by atoms with van der Waals surface area (Å²) in [5.74, 6) is 0.338. The molecule has 0 unspecified atom stereocenters. The Bertz CT molecular complexity index is 1610. The molecule has 0 radical (unpaired) electrons. The van der Waals surface area contributed by atoms with E-state index in [4.69, 9.17) is 26.3 Å². The number of fused-ring (bicyclic) bond motifs is 2. The molecule has 40 heavy (non-hydrogen) atoms. The summed E-state index contributed by atoms with van der Waals surface area (Å²) in [5.41, 5.74) is 1.71. The third-order valence-corrected chi connectivity index (χ3v) is 8.98. The molecule has 210 valence electrons. The van der Waals surface area contributed by atoms with Crippen LogP contribution in [0.25, 0.3) is 33.8 Å². The van der Waals surface area contributed by atoms with Gasteiger partial charge >= 0.3 is 5.76 Å². The topological polar surface area (TPSA) is 115 Å². The van der Waals surface area contributed by atoms with Crippen molar-refractivity contribution in [3.63, 3.8) is 0 Å². The summed E-state index contributed by atoms with van der Waals surface area (Å²) in [6, 6.07) is 1.94. The summed E-state index contributed by atoms with van der Waals surface area (Å²) in [5, 5.41) is 4.15. The van der Waals surface area contributed by atoms with Crippen molar-refractivity contribution in [3.05, 3.63) is 39.9 Å². The van der Waals surface area contributed by atoms with Gasteiger partial charge in [-0.1, -0.05) is 36.5 Å². The molecule has 0 aromatic carbocycles. The third kappa shape index (κ3) is 4.49. The molecule has 3 fully saturated rings. The maximum atomic E-state index is 16.4. The summed E-state index contributed by atoms with van der Waals surface area (Å²) in [4.78, 5) is 30.5. The normalized spacial score (nSPS) is 25.0. The minimum Gasteiger partial charge on any atom is -0.374 e. The SMILES string of the molecule is CC1CCC(Cn2c(N3CCO[C@@H]4CCC[C@H]43)nc3c(F)c(-c4noc(=O)[nH]4)nc(-c4cncc(Cl)c4)c32)CC1. The molecule has 1 aliphatic heterocycles. The highest BCUT2D eigenvalue weighted by atomic mass is 35.5. The van der Waals surface area contributed by atoms with Crippen molar-refractivity contribution < 1.29 is 13.7 Å². The van der Waals surface area contributed by atoms with E-state index in [-0.39, 0.29) is 29.2 Å². The Labute approximate surface area is 234 Å². The number of anilines is 1. The molecule has 3 aliphatic rings. The second-order valence-corrected chi connectivity index (χ2v) is 11.8. The molecule has 12 heteroatoms. The van der Waals surface area contributed by atoms with Gasteiger partial charge in [-0.3, -0.25) is 14.5 Å². The second kappa shape index (κ2) is 10.3. The van der Waals surface area contributed by atoms with Crippen molar-refractivity contribution in [2.45, 2.75) is 70.6 Å². The van der Waals surface area contributed by atoms with Gasteiger partial charge in [-0.25, -0.2) is 19.2 Å². The Hall–Kier alpha value is -3.31. The van der Waals surface area contributed by atoms with Crippen LogP contribution in [0.4, 0.5) is 10.3 Å². The molecule has 0 spiro atoms. The molecule has 2 saturated carbocycles. The monoisotopic (exact) mass is 567 g/mol. The zero-order valence-electron chi connectivity index (χ0n) is 22.3. The highest BCUT2D eigenvalue weighted by molar-refractivity contribution is 6.30. The predicted molar refractivity (Wildman–Crippen MR) is 148 cm³/mol. The van der Waals surface area contributed by atoms with Crippen LogP contribution >= 0.6 is 11.6 Å². The van der Waals surface area contributed by atoms with Crippen LogP contribution in [0.2, 0.25) is 5.02 Å². The average Bonchev–Trinajstić information content (AvgIpc) is 3.69. The molecule has 4 aromatic heterocycles. The van der Waals surface area contributed by atoms with E-state index in [2.05, 4.69) is 36.0 Å². The molecule has 0 amide bonds. The van der Waals surface area contributed by atoms with Crippen molar-refractivity contribution in [3.8, 4) is 22.8 Å². The summed E-state index contributed by atoms with van der Waals surface area (Å²) in [6.07, 6.45) is 11.0. The smallest absolute Gasteiger partial charge is 0.374 e. The van der Waals surface area contributed by atoms with Crippen molar-refractivity contribution in [1.29, 1.82) is 0 Å². The van der Waals surface area contributed by atoms with Gasteiger partial charge in [-0.2, -0.15) is 0 Å². The number of rotatable bonds is 5. The Morgan fingerprint density at radius 2 is 1.98 bits per heavy atom. The third-order valence-electron chi connectivity index (χ3n) is 8.77. The number of pyridine rings is 2. The van der Waals surface area contributed by atoms with Crippen molar-refractivity contribution in [1.82, 2.24) is 29.7 Å². The average molecular weight is 568 g/mol. The fourth-order valence-electron chi connectivity index (χ4n) is 6.73. The maximum absolute atomic E-state index is 16.4. The van der Waals surface area contributed by atoms with Crippen LogP contribution in [-0.4, -0.2) is 55.0 Å². The second-order valence-electron chi connectivity index (χ2n) is 11.4. The zero-order chi connectivity index (χ0) is 27.4. The molecule has 1 N–H and O–H groups in total. The zero-order valence-corrected chi connectivity index (χ0v) is 23.0. The Balaban J connectivity index is 1.48. The van der Waals surface area contributed by atoms with Gasteiger partial charge in [0.2, 0.25) is 11.8 Å². The molecular weight excluding hydrogens is 537 g/mol. The molecule has 5 heterocycles. The first-order chi connectivity index (χ1) is 19.5. The van der Waals surface area contributed by atoms with E-state index in [0.717, 1.165) is 38.1 Å². The van der Waals surface area contributed by atoms with Crippen LogP contribution in [0.3, 0.4) is 0 Å². The van der Waals surface area contributed by atoms with Crippen LogP contribution in [-0.2, 0) is 11.3 Å². The number of nitrogens with zero attached hydrogens (tertiary/aromatic N) is 6. The number of aromatic nitrogens is 6. The van der Waals surface area contributed by atoms with Gasteiger partial charge in [0.05, 0.1) is 35.0 Å². The van der Waals surface area contributed by atoms with Gasteiger partial charge in [0.1, 0.15) is 11.2 Å². The van der Waals surface area contributed by atoms with E-state index in [9.17, 15) is 4.79 Å². The lowest BCUT2D eigenvalue weighted by atomic mass is 9.83. The van der Waals surface area contributed by atoms with E-state index in [1.54, 1.807) is 18.5 Å². The maximum Gasteiger partial charge on any atom is 0.439 e. The van der Waals surface area contributed by atoms with Gasteiger partial charge in [0.25, 0.3) is 0 Å². The fraction of sp³-hybridized carbons (Fsp3) is 0.536. The number of H-pyrrole nitrogens is 1. The first-order valence-electron chi connectivity index (χ1n) is 14.1. The van der Waals surface area contributed by atoms with Crippen molar-refractivity contribution >= 4 is 28.6 Å². The predicted octanol–water partition coefficient (Wildman–Crippen LogP) is 5.21. The molecular formula is C28H31ClFN7O3. The largest absolute Gasteiger partial charge is 0.439 e. The molecule has 0 bridgehead atoms. The van der Waals surface area contributed by atoms with Gasteiger partial charge in [-0.15, -0.1) is 0 Å². The lowest BCUT2D eigenvalue weighted by Crippen LogP contribution is -2.49. The van der Waals surface area contributed by atoms with Crippen molar-refractivity contribution in [2.24, 2.45) is 11.8 Å². The van der Waals surface area contributed by atoms with E-state index in [1.165, 1.54) is 12.8 Å². The van der Waals surface area contributed by atoms with E-state index in [1.807, 2.05) is 0 Å². The molecule has 4 aromatic rings. The Morgan fingerprint density at radius 1 is 1.12 bits per heavy atom. The number of hydrogen-bond donors (Lipinski definition) is 1. The van der Waals surface area contributed by atoms with Crippen LogP contribution in [0.1, 0.15) is 51.9 Å². The molecule has 10 nitrogen and oxygen atoms in total. The number of aromatic amines is 1. The van der Waals surface area contributed by atoms with Gasteiger partial charge in [0.15, 0.2) is 5.82 Å². The summed E-state index contributed by atoms with van der Waals surface area (Å²) >= 11 is 6.35. The first-order valence-corrected chi connectivity index (χ1v) is 14.5. The first kappa shape index (κ1) is 25.6. The van der Waals surface area contributed by atoms with Gasteiger partial charge in [0, 0.05) is 31.0 Å². The number of imidazole rings is 1. The standard InChI is InChI=1S/C28H31ClFN7O3/c1-15-5-7-16(8-6-15)14-37-25-22(17-11-18(29)13-31-12-17)32-24(26-34-28(38)40-35-26)21(30)23(25)33-27(37)36-9-10-39-20-4-2-3-19(20)36/h11-13,15-16,19-20H,2-10,14H2,1H3,(H,34,35,38)/t15?,16?,19-,20-/m1/s1. The number of nitrogens with one attached hydrogen (secondary N) is 1. The summed E-state index contributed by atoms with van der Waals surface area (Å²) < 4.78 is 29.3. The minimum atomic E-state index is -0.791. The van der Waals surface area contributed by atoms with Crippen LogP contribution in [0.5, 0.6) is 0 Å². The minimum absolute atomic E-state index is 0.0970. The number of morpholine rings is 1. The Morgan fingerprint density at radius 3 is 2.75 bits per heavy atom. The highest BCUT2D eigenvalue weighted by Gasteiger charge is 2.39. The number of ether oxygens (including phenoxy) is 1. The van der Waals surface area contributed by atoms with E-state index >= 15 is 4.39 Å². The number of halogens is 2. The lowest BCUT2D eigenvalue weighted by Gasteiger charge is -2.39.